The first kappa shape index (κ1) is 12.4. The smallest absolute Gasteiger partial charge is 0.420 e. The zero-order valence-electron chi connectivity index (χ0n) is 8.34. The van der Waals surface area contributed by atoms with E-state index in [1.54, 1.807) is 0 Å². The maximum atomic E-state index is 12.7. The minimum absolute atomic E-state index is 0.119. The van der Waals surface area contributed by atoms with Gasteiger partial charge in [-0.3, -0.25) is 0 Å². The Hall–Kier alpha value is -1.72. The van der Waals surface area contributed by atoms with E-state index in [1.165, 1.54) is 6.08 Å². The van der Waals surface area contributed by atoms with E-state index in [9.17, 15) is 18.0 Å². The Balaban J connectivity index is 3.40. The van der Waals surface area contributed by atoms with Gasteiger partial charge in [-0.05, 0) is 12.5 Å². The highest BCUT2D eigenvalue weighted by molar-refractivity contribution is 5.92. The van der Waals surface area contributed by atoms with Crippen molar-refractivity contribution in [3.8, 4) is 0 Å². The predicted molar refractivity (Wildman–Crippen MR) is 49.6 cm³/mol. The van der Waals surface area contributed by atoms with Crippen LogP contribution in [0.4, 0.5) is 13.2 Å². The van der Waals surface area contributed by atoms with Gasteiger partial charge in [-0.1, -0.05) is 12.2 Å². The summed E-state index contributed by atoms with van der Waals surface area (Å²) in [6.07, 6.45) is -1.11. The molecular formula is C10H9F3O3. The number of carboxylic acids is 1. The van der Waals surface area contributed by atoms with Crippen molar-refractivity contribution in [2.24, 2.45) is 0 Å². The van der Waals surface area contributed by atoms with Crippen molar-refractivity contribution in [2.75, 3.05) is 7.11 Å². The van der Waals surface area contributed by atoms with Gasteiger partial charge in [-0.2, -0.15) is 13.2 Å². The molecular weight excluding hydrogens is 225 g/mol. The lowest BCUT2D eigenvalue weighted by molar-refractivity contribution is -0.134. The van der Waals surface area contributed by atoms with Gasteiger partial charge < -0.3 is 9.84 Å². The molecule has 0 unspecified atom stereocenters. The molecule has 16 heavy (non-hydrogen) atoms. The number of methoxy groups -OCH3 is 1. The molecule has 88 valence electrons. The van der Waals surface area contributed by atoms with Gasteiger partial charge in [0.25, 0.3) is 0 Å². The first-order valence-electron chi connectivity index (χ1n) is 4.33. The standard InChI is InChI=1S/C10H9F3O3/c1-16-7-5-3-2-4-6(9(14)15)8(7)10(11,12)13/h3-5H,2H2,1H3,(H,14,15). The number of ether oxygens (including phenoxy) is 1. The molecule has 0 saturated heterocycles. The van der Waals surface area contributed by atoms with E-state index in [2.05, 4.69) is 4.74 Å². The normalized spacial score (nSPS) is 16.9. The van der Waals surface area contributed by atoms with Crippen LogP contribution in [0.25, 0.3) is 0 Å². The van der Waals surface area contributed by atoms with E-state index < -0.39 is 29.1 Å². The Morgan fingerprint density at radius 1 is 1.50 bits per heavy atom. The molecule has 0 bridgehead atoms. The van der Waals surface area contributed by atoms with Crippen LogP contribution in [-0.4, -0.2) is 24.4 Å². The molecule has 0 fully saturated rings. The van der Waals surface area contributed by atoms with Crippen molar-refractivity contribution in [2.45, 2.75) is 12.6 Å². The zero-order valence-corrected chi connectivity index (χ0v) is 8.34. The molecule has 1 aliphatic rings. The highest BCUT2D eigenvalue weighted by Crippen LogP contribution is 2.36. The lowest BCUT2D eigenvalue weighted by atomic mass is 10.0. The van der Waals surface area contributed by atoms with Crippen molar-refractivity contribution in [3.63, 3.8) is 0 Å². The molecule has 1 aliphatic carbocycles. The summed E-state index contributed by atoms with van der Waals surface area (Å²) in [5.74, 6) is -2.11. The molecule has 1 N–H and O–H groups in total. The quantitative estimate of drug-likeness (QED) is 0.798. The van der Waals surface area contributed by atoms with Crippen LogP contribution in [0.1, 0.15) is 6.42 Å². The second kappa shape index (κ2) is 4.42. The topological polar surface area (TPSA) is 46.5 Å². The predicted octanol–water partition coefficient (Wildman–Crippen LogP) is 2.42. The molecule has 0 saturated carbocycles. The van der Waals surface area contributed by atoms with Crippen molar-refractivity contribution in [1.82, 2.24) is 0 Å². The van der Waals surface area contributed by atoms with Gasteiger partial charge in [0.15, 0.2) is 0 Å². The molecule has 0 radical (unpaired) electrons. The fourth-order valence-electron chi connectivity index (χ4n) is 1.34. The molecule has 3 nitrogen and oxygen atoms in total. The molecule has 0 atom stereocenters. The number of hydrogen-bond donors (Lipinski definition) is 1. The van der Waals surface area contributed by atoms with E-state index in [0.717, 1.165) is 19.3 Å². The molecule has 0 amide bonds. The summed E-state index contributed by atoms with van der Waals surface area (Å²) in [7, 11) is 1.07. The van der Waals surface area contributed by atoms with E-state index in [-0.39, 0.29) is 6.42 Å². The van der Waals surface area contributed by atoms with Gasteiger partial charge in [-0.15, -0.1) is 0 Å². The van der Waals surface area contributed by atoms with Crippen molar-refractivity contribution >= 4 is 5.97 Å². The van der Waals surface area contributed by atoms with Crippen LogP contribution >= 0.6 is 0 Å². The summed E-state index contributed by atoms with van der Waals surface area (Å²) in [5.41, 5.74) is -2.04. The van der Waals surface area contributed by atoms with Crippen LogP contribution in [0.3, 0.4) is 0 Å². The second-order valence-corrected chi connectivity index (χ2v) is 3.00. The van der Waals surface area contributed by atoms with Crippen molar-refractivity contribution < 1.29 is 27.8 Å². The highest BCUT2D eigenvalue weighted by atomic mass is 19.4. The Morgan fingerprint density at radius 2 is 2.12 bits per heavy atom. The third-order valence-electron chi connectivity index (χ3n) is 1.98. The summed E-state index contributed by atoms with van der Waals surface area (Å²) in [4.78, 5) is 10.7. The summed E-state index contributed by atoms with van der Waals surface area (Å²) < 4.78 is 42.6. The van der Waals surface area contributed by atoms with Gasteiger partial charge in [0.05, 0.1) is 12.7 Å². The molecule has 0 aromatic carbocycles. The monoisotopic (exact) mass is 234 g/mol. The van der Waals surface area contributed by atoms with Crippen LogP contribution in [0.15, 0.2) is 35.1 Å². The first-order valence-corrected chi connectivity index (χ1v) is 4.33. The van der Waals surface area contributed by atoms with Gasteiger partial charge in [0, 0.05) is 0 Å². The molecule has 1 rings (SSSR count). The van der Waals surface area contributed by atoms with Crippen LogP contribution in [0.5, 0.6) is 0 Å². The van der Waals surface area contributed by atoms with Crippen LogP contribution in [0.2, 0.25) is 0 Å². The van der Waals surface area contributed by atoms with Gasteiger partial charge in [-0.25, -0.2) is 4.79 Å². The van der Waals surface area contributed by atoms with Crippen LogP contribution < -0.4 is 0 Å². The Bertz CT molecular complexity index is 389. The lowest BCUT2D eigenvalue weighted by Gasteiger charge is -2.14. The largest absolute Gasteiger partial charge is 0.496 e. The third-order valence-corrected chi connectivity index (χ3v) is 1.98. The Kier molecular flexibility index (Phi) is 3.41. The number of aliphatic carboxylic acids is 1. The molecule has 6 heteroatoms. The minimum Gasteiger partial charge on any atom is -0.496 e. The van der Waals surface area contributed by atoms with E-state index >= 15 is 0 Å². The number of hydrogen-bond acceptors (Lipinski definition) is 2. The number of carboxylic acid groups (broad SMARTS) is 1. The fraction of sp³-hybridized carbons (Fsp3) is 0.300. The number of rotatable bonds is 2. The SMILES string of the molecule is COC1=C(C(F)(F)F)C(C(=O)O)=CCC=C1. The van der Waals surface area contributed by atoms with Gasteiger partial charge >= 0.3 is 12.1 Å². The van der Waals surface area contributed by atoms with Crippen LogP contribution in [-0.2, 0) is 9.53 Å². The number of alkyl halides is 3. The molecule has 0 spiro atoms. The summed E-state index contributed by atoms with van der Waals surface area (Å²) in [6, 6.07) is 0. The molecule has 0 aromatic rings. The van der Waals surface area contributed by atoms with E-state index in [1.807, 2.05) is 0 Å². The maximum absolute atomic E-state index is 12.7. The zero-order chi connectivity index (χ0) is 12.3. The van der Waals surface area contributed by atoms with Crippen molar-refractivity contribution in [1.29, 1.82) is 0 Å². The fourth-order valence-corrected chi connectivity index (χ4v) is 1.34. The summed E-state index contributed by atoms with van der Waals surface area (Å²) in [5, 5.41) is 8.72. The summed E-state index contributed by atoms with van der Waals surface area (Å²) >= 11 is 0. The number of halogens is 3. The molecule has 0 heterocycles. The number of carbonyl (C=O) groups is 1. The Morgan fingerprint density at radius 3 is 2.56 bits per heavy atom. The van der Waals surface area contributed by atoms with E-state index in [0.29, 0.717) is 0 Å². The van der Waals surface area contributed by atoms with Crippen molar-refractivity contribution in [3.05, 3.63) is 35.1 Å². The lowest BCUT2D eigenvalue weighted by Crippen LogP contribution is -2.20. The maximum Gasteiger partial charge on any atom is 0.420 e. The Labute approximate surface area is 89.5 Å². The number of allylic oxidation sites excluding steroid dienone is 3. The molecule has 0 aliphatic heterocycles. The summed E-state index contributed by atoms with van der Waals surface area (Å²) in [6.45, 7) is 0. The van der Waals surface area contributed by atoms with Gasteiger partial charge in [0.2, 0.25) is 0 Å². The first-order chi connectivity index (χ1) is 7.38. The molecule has 0 aromatic heterocycles. The second-order valence-electron chi connectivity index (χ2n) is 3.00. The highest BCUT2D eigenvalue weighted by Gasteiger charge is 2.41. The van der Waals surface area contributed by atoms with Gasteiger partial charge in [0.1, 0.15) is 11.3 Å². The third kappa shape index (κ3) is 2.44. The average molecular weight is 234 g/mol. The van der Waals surface area contributed by atoms with Crippen LogP contribution in [0, 0.1) is 0 Å². The minimum atomic E-state index is -4.76. The van der Waals surface area contributed by atoms with E-state index in [4.69, 9.17) is 5.11 Å². The average Bonchev–Trinajstić information content (AvgIpc) is 2.37.